The van der Waals surface area contributed by atoms with Gasteiger partial charge in [0, 0.05) is 45.3 Å². The molecule has 0 spiro atoms. The Hall–Kier alpha value is -1.20. The first-order chi connectivity index (χ1) is 13.2. The molecule has 0 aromatic heterocycles. The summed E-state index contributed by atoms with van der Waals surface area (Å²) in [6.07, 6.45) is 0.807. The van der Waals surface area contributed by atoms with E-state index < -0.39 is 11.6 Å². The van der Waals surface area contributed by atoms with Crippen molar-refractivity contribution in [2.45, 2.75) is 19.4 Å². The maximum atomic E-state index is 14.0. The zero-order valence-electron chi connectivity index (χ0n) is 16.3. The predicted molar refractivity (Wildman–Crippen MR) is 119 cm³/mol. The lowest BCUT2D eigenvalue weighted by atomic mass is 10.2. The fourth-order valence-electron chi connectivity index (χ4n) is 3.51. The lowest BCUT2D eigenvalue weighted by molar-refractivity contribution is 0.0394. The molecule has 1 aromatic carbocycles. The van der Waals surface area contributed by atoms with Crippen molar-refractivity contribution < 1.29 is 13.5 Å². The summed E-state index contributed by atoms with van der Waals surface area (Å²) < 4.78 is 33.4. The first kappa shape index (κ1) is 23.1. The second kappa shape index (κ2) is 11.7. The van der Waals surface area contributed by atoms with Crippen LogP contribution in [0.15, 0.2) is 23.2 Å². The number of benzene rings is 1. The van der Waals surface area contributed by atoms with E-state index in [4.69, 9.17) is 4.74 Å². The molecule has 2 heterocycles. The Labute approximate surface area is 182 Å². The molecular weight excluding hydrogens is 479 g/mol. The van der Waals surface area contributed by atoms with Crippen LogP contribution in [0, 0.1) is 11.6 Å². The van der Waals surface area contributed by atoms with Gasteiger partial charge in [-0.1, -0.05) is 6.07 Å². The number of guanidine groups is 1. The number of hydrogen-bond donors (Lipinski definition) is 2. The minimum absolute atomic E-state index is 0. The van der Waals surface area contributed by atoms with Crippen LogP contribution in [0.25, 0.3) is 0 Å². The maximum absolute atomic E-state index is 14.0. The highest BCUT2D eigenvalue weighted by molar-refractivity contribution is 14.0. The third-order valence-electron chi connectivity index (χ3n) is 4.92. The van der Waals surface area contributed by atoms with Gasteiger partial charge in [0.15, 0.2) is 5.96 Å². The molecule has 0 radical (unpaired) electrons. The summed E-state index contributed by atoms with van der Waals surface area (Å²) in [6.45, 7) is 9.02. The van der Waals surface area contributed by atoms with Crippen LogP contribution >= 0.6 is 24.0 Å². The summed E-state index contributed by atoms with van der Waals surface area (Å²) in [4.78, 5) is 8.75. The molecule has 2 N–H and O–H groups in total. The standard InChI is InChI=1S/C19H29F2N5O.HI/c1-2-22-19(23-7-9-25-10-12-27-13-11-25)24-15-6-8-26(14-15)18-16(20)4-3-5-17(18)21;/h3-5,15H,2,6-14H2,1H3,(H2,22,23,24);1H. The van der Waals surface area contributed by atoms with Crippen molar-refractivity contribution in [3.05, 3.63) is 29.8 Å². The molecule has 0 saturated carbocycles. The normalized spacial score (nSPS) is 20.8. The van der Waals surface area contributed by atoms with Crippen LogP contribution in [-0.2, 0) is 4.74 Å². The molecule has 9 heteroatoms. The second-order valence-electron chi connectivity index (χ2n) is 6.86. The van der Waals surface area contributed by atoms with Gasteiger partial charge in [0.05, 0.1) is 19.8 Å². The lowest BCUT2D eigenvalue weighted by Crippen LogP contribution is -2.45. The van der Waals surface area contributed by atoms with E-state index in [0.717, 1.165) is 51.8 Å². The van der Waals surface area contributed by atoms with Gasteiger partial charge in [-0.05, 0) is 25.5 Å². The molecule has 0 amide bonds. The highest BCUT2D eigenvalue weighted by Gasteiger charge is 2.27. The number of morpholine rings is 1. The van der Waals surface area contributed by atoms with Crippen molar-refractivity contribution in [1.82, 2.24) is 15.5 Å². The average Bonchev–Trinajstić information content (AvgIpc) is 3.10. The van der Waals surface area contributed by atoms with Gasteiger partial charge in [-0.3, -0.25) is 9.89 Å². The molecule has 28 heavy (non-hydrogen) atoms. The van der Waals surface area contributed by atoms with Gasteiger partial charge < -0.3 is 20.3 Å². The summed E-state index contributed by atoms with van der Waals surface area (Å²) in [5, 5.41) is 6.66. The topological polar surface area (TPSA) is 52.1 Å². The van der Waals surface area contributed by atoms with E-state index in [-0.39, 0.29) is 35.7 Å². The fraction of sp³-hybridized carbons (Fsp3) is 0.632. The highest BCUT2D eigenvalue weighted by atomic mass is 127. The molecule has 3 rings (SSSR count). The fourth-order valence-corrected chi connectivity index (χ4v) is 3.51. The molecule has 2 aliphatic heterocycles. The minimum atomic E-state index is -0.512. The number of anilines is 1. The maximum Gasteiger partial charge on any atom is 0.191 e. The van der Waals surface area contributed by atoms with E-state index in [0.29, 0.717) is 19.6 Å². The van der Waals surface area contributed by atoms with Crippen molar-refractivity contribution in [2.75, 3.05) is 63.9 Å². The minimum Gasteiger partial charge on any atom is -0.379 e. The van der Waals surface area contributed by atoms with Crippen molar-refractivity contribution in [1.29, 1.82) is 0 Å². The van der Waals surface area contributed by atoms with E-state index in [2.05, 4.69) is 20.5 Å². The van der Waals surface area contributed by atoms with Crippen molar-refractivity contribution >= 4 is 35.6 Å². The van der Waals surface area contributed by atoms with Crippen molar-refractivity contribution in [2.24, 2.45) is 4.99 Å². The number of rotatable bonds is 6. The Morgan fingerprint density at radius 2 is 1.93 bits per heavy atom. The molecule has 1 unspecified atom stereocenters. The molecule has 1 aromatic rings. The number of ether oxygens (including phenoxy) is 1. The zero-order chi connectivity index (χ0) is 19.1. The van der Waals surface area contributed by atoms with Crippen molar-refractivity contribution in [3.8, 4) is 0 Å². The largest absolute Gasteiger partial charge is 0.379 e. The van der Waals surface area contributed by atoms with E-state index in [1.807, 2.05) is 6.92 Å². The lowest BCUT2D eigenvalue weighted by Gasteiger charge is -2.26. The third kappa shape index (κ3) is 6.41. The van der Waals surface area contributed by atoms with Gasteiger partial charge in [0.25, 0.3) is 0 Å². The number of para-hydroxylation sites is 1. The van der Waals surface area contributed by atoms with E-state index in [1.54, 1.807) is 4.90 Å². The van der Waals surface area contributed by atoms with E-state index in [1.165, 1.54) is 18.2 Å². The van der Waals surface area contributed by atoms with Gasteiger partial charge in [-0.2, -0.15) is 0 Å². The molecule has 0 aliphatic carbocycles. The quantitative estimate of drug-likeness (QED) is 0.350. The average molecular weight is 509 g/mol. The third-order valence-corrected chi connectivity index (χ3v) is 4.92. The first-order valence-electron chi connectivity index (χ1n) is 9.71. The van der Waals surface area contributed by atoms with Gasteiger partial charge in [-0.15, -0.1) is 24.0 Å². The van der Waals surface area contributed by atoms with Crippen LogP contribution in [0.2, 0.25) is 0 Å². The van der Waals surface area contributed by atoms with Crippen LogP contribution in [0.1, 0.15) is 13.3 Å². The smallest absolute Gasteiger partial charge is 0.191 e. The van der Waals surface area contributed by atoms with Gasteiger partial charge in [-0.25, -0.2) is 8.78 Å². The second-order valence-corrected chi connectivity index (χ2v) is 6.86. The van der Waals surface area contributed by atoms with Crippen LogP contribution in [0.5, 0.6) is 0 Å². The number of nitrogens with zero attached hydrogens (tertiary/aromatic N) is 3. The molecule has 2 fully saturated rings. The molecule has 2 saturated heterocycles. The molecular formula is C19H30F2IN5O. The van der Waals surface area contributed by atoms with E-state index in [9.17, 15) is 8.78 Å². The Morgan fingerprint density at radius 3 is 2.61 bits per heavy atom. The van der Waals surface area contributed by atoms with Gasteiger partial charge >= 0.3 is 0 Å². The Morgan fingerprint density at radius 1 is 1.21 bits per heavy atom. The highest BCUT2D eigenvalue weighted by Crippen LogP contribution is 2.26. The summed E-state index contributed by atoms with van der Waals surface area (Å²) in [7, 11) is 0. The molecule has 2 aliphatic rings. The Kier molecular flexibility index (Phi) is 9.66. The van der Waals surface area contributed by atoms with E-state index >= 15 is 0 Å². The van der Waals surface area contributed by atoms with Crippen LogP contribution in [0.4, 0.5) is 14.5 Å². The summed E-state index contributed by atoms with van der Waals surface area (Å²) in [5.74, 6) is -0.268. The van der Waals surface area contributed by atoms with Crippen LogP contribution in [0.3, 0.4) is 0 Å². The number of nitrogens with one attached hydrogen (secondary N) is 2. The van der Waals surface area contributed by atoms with Crippen LogP contribution in [-0.4, -0.2) is 75.9 Å². The Bertz CT molecular complexity index is 623. The van der Waals surface area contributed by atoms with Gasteiger partial charge in [0.1, 0.15) is 17.3 Å². The number of halogens is 3. The first-order valence-corrected chi connectivity index (χ1v) is 9.71. The molecule has 0 bridgehead atoms. The monoisotopic (exact) mass is 509 g/mol. The Balaban J connectivity index is 0.00000280. The predicted octanol–water partition coefficient (Wildman–Crippen LogP) is 2.05. The van der Waals surface area contributed by atoms with Crippen molar-refractivity contribution in [3.63, 3.8) is 0 Å². The molecule has 158 valence electrons. The molecule has 6 nitrogen and oxygen atoms in total. The molecule has 1 atom stereocenters. The summed E-state index contributed by atoms with van der Waals surface area (Å²) in [6, 6.07) is 4.10. The van der Waals surface area contributed by atoms with Crippen LogP contribution < -0.4 is 15.5 Å². The number of aliphatic imine (C=N–C) groups is 1. The summed E-state index contributed by atoms with van der Waals surface area (Å²) in [5.41, 5.74) is 0.0658. The summed E-state index contributed by atoms with van der Waals surface area (Å²) >= 11 is 0. The zero-order valence-corrected chi connectivity index (χ0v) is 18.6. The number of hydrogen-bond acceptors (Lipinski definition) is 4. The van der Waals surface area contributed by atoms with Gasteiger partial charge in [0.2, 0.25) is 0 Å². The SMILES string of the molecule is CCNC(=NCCN1CCOCC1)NC1CCN(c2c(F)cccc2F)C1.I.